The number of aliphatic hydroxyl groups is 4. The molecule has 0 saturated carbocycles. The van der Waals surface area contributed by atoms with Gasteiger partial charge in [-0.3, -0.25) is 23.4 Å². The van der Waals surface area contributed by atoms with E-state index in [9.17, 15) is 48.9 Å². The van der Waals surface area contributed by atoms with Gasteiger partial charge in [-0.1, -0.05) is 0 Å². The Morgan fingerprint density at radius 1 is 1.11 bits per heavy atom. The summed E-state index contributed by atoms with van der Waals surface area (Å²) >= 11 is 0. The van der Waals surface area contributed by atoms with Gasteiger partial charge in [-0.2, -0.15) is 4.31 Å². The second-order valence-corrected chi connectivity index (χ2v) is 12.0. The highest BCUT2D eigenvalue weighted by atomic mass is 31.3. The number of ether oxygens (including phenoxy) is 2. The first-order valence-corrected chi connectivity index (χ1v) is 14.2. The number of aryl methyl sites for hydroxylation is 1. The zero-order valence-electron chi connectivity index (χ0n) is 20.5. The Morgan fingerprint density at radius 2 is 1.76 bits per heavy atom. The van der Waals surface area contributed by atoms with Crippen LogP contribution in [0.5, 0.6) is 0 Å². The normalized spacial score (nSPS) is 35.2. The first kappa shape index (κ1) is 31.2. The van der Waals surface area contributed by atoms with E-state index in [1.165, 1.54) is 32.1 Å². The number of aromatic amines is 1. The molecular weight excluding hydrogens is 560 g/mol. The molecule has 2 aliphatic rings. The van der Waals surface area contributed by atoms with Crippen molar-refractivity contribution < 1.29 is 62.2 Å². The van der Waals surface area contributed by atoms with E-state index in [4.69, 9.17) is 14.0 Å². The lowest BCUT2D eigenvalue weighted by Gasteiger charge is -2.44. The van der Waals surface area contributed by atoms with E-state index in [2.05, 4.69) is 13.8 Å². The fraction of sp³-hybridized carbons (Fsp3) is 0.778. The van der Waals surface area contributed by atoms with Gasteiger partial charge in [0.15, 0.2) is 6.29 Å². The molecule has 1 aromatic rings. The first-order valence-electron chi connectivity index (χ1n) is 11.2. The van der Waals surface area contributed by atoms with Gasteiger partial charge in [0, 0.05) is 18.2 Å². The summed E-state index contributed by atoms with van der Waals surface area (Å²) < 4.78 is 49.9. The number of nitrogens with zero attached hydrogens (tertiary/aromatic N) is 2. The summed E-state index contributed by atoms with van der Waals surface area (Å²) in [6, 6.07) is -1.12. The highest BCUT2D eigenvalue weighted by Crippen LogP contribution is 2.61. The maximum Gasteiger partial charge on any atom is 0.483 e. The monoisotopic (exact) mass is 591 g/mol. The first-order chi connectivity index (χ1) is 17.5. The zero-order chi connectivity index (χ0) is 28.6. The number of phosphoric ester groups is 2. The van der Waals surface area contributed by atoms with Gasteiger partial charge >= 0.3 is 21.3 Å². The summed E-state index contributed by atoms with van der Waals surface area (Å²) in [5.74, 6) is 0. The predicted molar refractivity (Wildman–Crippen MR) is 124 cm³/mol. The molecule has 10 unspecified atom stereocenters. The fourth-order valence-electron chi connectivity index (χ4n) is 4.07. The topological polar surface area (TPSA) is 260 Å². The smallest absolute Gasteiger partial charge is 0.394 e. The van der Waals surface area contributed by atoms with Crippen LogP contribution in [0.3, 0.4) is 0 Å². The Kier molecular flexibility index (Phi) is 9.88. The van der Waals surface area contributed by atoms with Crippen LogP contribution in [-0.4, -0.2) is 115 Å². The van der Waals surface area contributed by atoms with Crippen LogP contribution in [0, 0.1) is 6.92 Å². The Bertz CT molecular complexity index is 1190. The van der Waals surface area contributed by atoms with E-state index in [1.54, 1.807) is 0 Å². The number of hydrogen-bond acceptors (Lipinski definition) is 14. The van der Waals surface area contributed by atoms with Crippen molar-refractivity contribution >= 4 is 15.6 Å². The van der Waals surface area contributed by atoms with E-state index in [0.717, 1.165) is 4.57 Å². The fourth-order valence-corrected chi connectivity index (χ4v) is 6.23. The molecule has 18 nitrogen and oxygen atoms in total. The van der Waals surface area contributed by atoms with Crippen molar-refractivity contribution in [1.82, 2.24) is 14.5 Å². The maximum atomic E-state index is 12.4. The zero-order valence-corrected chi connectivity index (χ0v) is 22.3. The van der Waals surface area contributed by atoms with Crippen LogP contribution in [0.2, 0.25) is 0 Å². The Labute approximate surface area is 215 Å². The average Bonchev–Trinajstić information content (AvgIpc) is 3.16. The Morgan fingerprint density at radius 3 is 2.37 bits per heavy atom. The second kappa shape index (κ2) is 12.0. The molecule has 7 N–H and O–H groups in total. The second-order valence-electron chi connectivity index (χ2n) is 8.99. The minimum absolute atomic E-state index is 0.153. The molecule has 2 aliphatic heterocycles. The van der Waals surface area contributed by atoms with Gasteiger partial charge in [-0.15, -0.1) is 0 Å². The predicted octanol–water partition coefficient (Wildman–Crippen LogP) is -2.89. The van der Waals surface area contributed by atoms with Crippen molar-refractivity contribution in [2.24, 2.45) is 0 Å². The molecular formula is C18H31N3O15P2. The summed E-state index contributed by atoms with van der Waals surface area (Å²) in [6.07, 6.45) is -9.02. The van der Waals surface area contributed by atoms with Crippen LogP contribution >= 0.6 is 15.6 Å². The number of phosphoric acid groups is 2. The summed E-state index contributed by atoms with van der Waals surface area (Å²) in [5, 5.41) is 40.3. The van der Waals surface area contributed by atoms with E-state index in [0.29, 0.717) is 0 Å². The number of hydrogen-bond donors (Lipinski definition) is 7. The molecule has 20 heteroatoms. The van der Waals surface area contributed by atoms with Crippen LogP contribution in [0.4, 0.5) is 0 Å². The van der Waals surface area contributed by atoms with Gasteiger partial charge in [0.2, 0.25) is 0 Å². The lowest BCUT2D eigenvalue weighted by atomic mass is 9.95. The van der Waals surface area contributed by atoms with Crippen molar-refractivity contribution in [2.75, 3.05) is 27.3 Å². The molecule has 38 heavy (non-hydrogen) atoms. The van der Waals surface area contributed by atoms with Gasteiger partial charge in [0.25, 0.3) is 5.56 Å². The number of rotatable bonds is 10. The van der Waals surface area contributed by atoms with E-state index >= 15 is 0 Å². The standard InChI is InChI=1S/C18H31N3O15P2/c1-8-5-21(18(27)19-16(8)26)12-4-9(23)11(33-12)7-32-37(28,29)36-38(30,31)35-17-15(25)13(20(2)3)14(24)10(6-22)34-17/h5,9-15,17,22-25H,4,6-7H2,1-3H3,(H,28,29)(H,30,31)(H,19,26,27). The van der Waals surface area contributed by atoms with Crippen LogP contribution in [-0.2, 0) is 32.0 Å². The highest BCUT2D eigenvalue weighted by molar-refractivity contribution is 7.61. The average molecular weight is 591 g/mol. The Hall–Kier alpha value is -1.34. The number of nitrogens with one attached hydrogen (secondary N) is 1. The number of likely N-dealkylation sites (N-methyl/N-ethyl adjacent to an activating group) is 1. The van der Waals surface area contributed by atoms with Gasteiger partial charge < -0.3 is 44.6 Å². The molecule has 0 spiro atoms. The van der Waals surface area contributed by atoms with E-state index in [-0.39, 0.29) is 12.0 Å². The van der Waals surface area contributed by atoms with Gasteiger partial charge in [-0.25, -0.2) is 13.9 Å². The molecule has 0 bridgehead atoms. The van der Waals surface area contributed by atoms with Crippen molar-refractivity contribution in [3.05, 3.63) is 32.6 Å². The lowest BCUT2D eigenvalue weighted by molar-refractivity contribution is -0.266. The summed E-state index contributed by atoms with van der Waals surface area (Å²) in [6.45, 7) is -0.127. The molecule has 3 rings (SSSR count). The van der Waals surface area contributed by atoms with Crippen molar-refractivity contribution in [2.45, 2.75) is 62.4 Å². The molecule has 3 heterocycles. The quantitative estimate of drug-likeness (QED) is 0.135. The van der Waals surface area contributed by atoms with Gasteiger partial charge in [0.1, 0.15) is 30.6 Å². The SMILES string of the molecule is Cc1cn(C2CC(O)C(COP(=O)(O)OP(=O)(O)OC3OC(CO)C(O)C(N(C)C)C3O)O2)c(=O)[nH]c1=O. The lowest BCUT2D eigenvalue weighted by Crippen LogP contribution is -2.63. The van der Waals surface area contributed by atoms with Gasteiger partial charge in [-0.05, 0) is 21.0 Å². The third-order valence-electron chi connectivity index (χ3n) is 5.95. The summed E-state index contributed by atoms with van der Waals surface area (Å²) in [4.78, 5) is 47.0. The molecule has 218 valence electrons. The third-order valence-corrected chi connectivity index (χ3v) is 8.55. The number of aromatic nitrogens is 2. The maximum absolute atomic E-state index is 12.4. The molecule has 0 radical (unpaired) electrons. The summed E-state index contributed by atoms with van der Waals surface area (Å²) in [7, 11) is -7.89. The molecule has 0 amide bonds. The van der Waals surface area contributed by atoms with Crippen molar-refractivity contribution in [1.29, 1.82) is 0 Å². The van der Waals surface area contributed by atoms with E-state index < -0.39 is 89.2 Å². The highest BCUT2D eigenvalue weighted by Gasteiger charge is 2.50. The van der Waals surface area contributed by atoms with Gasteiger partial charge in [0.05, 0.1) is 25.4 Å². The largest absolute Gasteiger partial charge is 0.483 e. The van der Waals surface area contributed by atoms with Crippen LogP contribution in [0.1, 0.15) is 18.2 Å². The van der Waals surface area contributed by atoms with Crippen LogP contribution in [0.15, 0.2) is 15.8 Å². The minimum atomic E-state index is -5.47. The molecule has 1 aromatic heterocycles. The number of aliphatic hydroxyl groups excluding tert-OH is 4. The summed E-state index contributed by atoms with van der Waals surface area (Å²) in [5.41, 5.74) is -1.23. The molecule has 10 atom stereocenters. The third kappa shape index (κ3) is 7.24. The number of H-pyrrole nitrogens is 1. The molecule has 0 aliphatic carbocycles. The molecule has 2 fully saturated rings. The van der Waals surface area contributed by atoms with E-state index in [1.807, 2.05) is 0 Å². The molecule has 2 saturated heterocycles. The van der Waals surface area contributed by atoms with Crippen molar-refractivity contribution in [3.8, 4) is 0 Å². The Balaban J connectivity index is 1.62. The van der Waals surface area contributed by atoms with Crippen LogP contribution < -0.4 is 11.2 Å². The van der Waals surface area contributed by atoms with Crippen LogP contribution in [0.25, 0.3) is 0 Å². The minimum Gasteiger partial charge on any atom is -0.394 e. The molecule has 0 aromatic carbocycles. The van der Waals surface area contributed by atoms with Crippen molar-refractivity contribution in [3.63, 3.8) is 0 Å².